The highest BCUT2D eigenvalue weighted by atomic mass is 32.1. The van der Waals surface area contributed by atoms with E-state index < -0.39 is 5.66 Å². The third-order valence-electron chi connectivity index (χ3n) is 6.49. The largest absolute Gasteiger partial charge is 0.496 e. The molecule has 2 aromatic carbocycles. The van der Waals surface area contributed by atoms with Crippen molar-refractivity contribution in [2.45, 2.75) is 18.1 Å². The number of ether oxygens (including phenoxy) is 1. The zero-order chi connectivity index (χ0) is 24.0. The third kappa shape index (κ3) is 3.38. The molecule has 2 atom stereocenters. The number of guanidine groups is 1. The number of hydrazone groups is 1. The quantitative estimate of drug-likeness (QED) is 0.435. The molecule has 0 radical (unpaired) electrons. The molecule has 2 aliphatic rings. The molecule has 4 aromatic rings. The molecule has 3 N–H and O–H groups in total. The Bertz CT molecular complexity index is 1440. The molecule has 0 spiro atoms. The van der Waals surface area contributed by atoms with Gasteiger partial charge in [-0.25, -0.2) is 4.99 Å². The van der Waals surface area contributed by atoms with Crippen molar-refractivity contribution in [3.8, 4) is 16.9 Å². The van der Waals surface area contributed by atoms with Gasteiger partial charge in [-0.15, -0.1) is 11.3 Å². The highest BCUT2D eigenvalue weighted by Crippen LogP contribution is 2.53. The van der Waals surface area contributed by atoms with Crippen LogP contribution in [-0.4, -0.2) is 34.1 Å². The minimum atomic E-state index is -0.995. The van der Waals surface area contributed by atoms with Gasteiger partial charge in [-0.05, 0) is 34.7 Å². The number of nitrogens with two attached hydrogens (primary N) is 1. The highest BCUT2D eigenvalue weighted by molar-refractivity contribution is 7.10. The van der Waals surface area contributed by atoms with Gasteiger partial charge in [0, 0.05) is 37.0 Å². The number of anilines is 1. The topological polar surface area (TPSA) is 93.1 Å². The third-order valence-corrected chi connectivity index (χ3v) is 7.50. The van der Waals surface area contributed by atoms with Crippen LogP contribution in [0.3, 0.4) is 0 Å². The predicted molar refractivity (Wildman–Crippen MR) is 140 cm³/mol. The molecule has 2 unspecified atom stereocenters. The number of thiophene rings is 1. The van der Waals surface area contributed by atoms with Gasteiger partial charge in [0.1, 0.15) is 5.75 Å². The number of nitrogens with zero attached hydrogens (tertiary/aromatic N) is 5. The Hall–Kier alpha value is -4.11. The summed E-state index contributed by atoms with van der Waals surface area (Å²) in [4.78, 5) is 6.09. The van der Waals surface area contributed by atoms with Gasteiger partial charge in [0.15, 0.2) is 5.96 Å². The number of hydrogen-bond donors (Lipinski definition) is 2. The lowest BCUT2D eigenvalue weighted by atomic mass is 9.90. The number of methoxy groups -OCH3 is 1. The van der Waals surface area contributed by atoms with Gasteiger partial charge in [0.2, 0.25) is 5.66 Å². The van der Waals surface area contributed by atoms with Gasteiger partial charge < -0.3 is 15.8 Å². The van der Waals surface area contributed by atoms with E-state index in [2.05, 4.69) is 51.8 Å². The number of aryl methyl sites for hydroxylation is 1. The molecule has 35 heavy (non-hydrogen) atoms. The molecule has 176 valence electrons. The molecule has 0 fully saturated rings. The summed E-state index contributed by atoms with van der Waals surface area (Å²) in [5, 5.41) is 16.6. The van der Waals surface area contributed by atoms with Crippen molar-refractivity contribution in [2.75, 3.05) is 12.4 Å². The van der Waals surface area contributed by atoms with Crippen molar-refractivity contribution in [1.29, 1.82) is 0 Å². The van der Waals surface area contributed by atoms with E-state index in [1.807, 2.05) is 49.2 Å². The van der Waals surface area contributed by atoms with Crippen molar-refractivity contribution in [1.82, 2.24) is 14.8 Å². The Kier molecular flexibility index (Phi) is 5.07. The van der Waals surface area contributed by atoms with Crippen LogP contribution in [0.25, 0.3) is 11.1 Å². The molecule has 6 rings (SSSR count). The summed E-state index contributed by atoms with van der Waals surface area (Å²) in [6.45, 7) is 0. The first-order chi connectivity index (χ1) is 17.1. The van der Waals surface area contributed by atoms with Gasteiger partial charge in [0.05, 0.1) is 29.9 Å². The second kappa shape index (κ2) is 8.28. The minimum Gasteiger partial charge on any atom is -0.496 e. The van der Waals surface area contributed by atoms with Crippen LogP contribution in [-0.2, 0) is 12.7 Å². The van der Waals surface area contributed by atoms with E-state index in [9.17, 15) is 0 Å². The maximum atomic E-state index is 6.40. The lowest BCUT2D eigenvalue weighted by molar-refractivity contribution is 0.0966. The minimum absolute atomic E-state index is 0.0106. The summed E-state index contributed by atoms with van der Waals surface area (Å²) < 4.78 is 7.78. The van der Waals surface area contributed by atoms with Gasteiger partial charge in [-0.3, -0.25) is 9.69 Å². The van der Waals surface area contributed by atoms with Crippen LogP contribution in [0.5, 0.6) is 5.75 Å². The lowest BCUT2D eigenvalue weighted by Gasteiger charge is -2.43. The number of aromatic nitrogens is 2. The van der Waals surface area contributed by atoms with Crippen LogP contribution in [0.4, 0.5) is 5.69 Å². The summed E-state index contributed by atoms with van der Waals surface area (Å²) in [5.74, 6) is 1.04. The summed E-state index contributed by atoms with van der Waals surface area (Å²) >= 11 is 1.63. The average Bonchev–Trinajstić information content (AvgIpc) is 3.64. The van der Waals surface area contributed by atoms with Gasteiger partial charge >= 0.3 is 0 Å². The molecule has 0 aliphatic carbocycles. The van der Waals surface area contributed by atoms with E-state index in [0.29, 0.717) is 11.7 Å². The number of fused-ring (bicyclic) bond motifs is 1. The lowest BCUT2D eigenvalue weighted by Crippen LogP contribution is -2.47. The van der Waals surface area contributed by atoms with Crippen LogP contribution >= 0.6 is 11.3 Å². The maximum Gasteiger partial charge on any atom is 0.217 e. The molecule has 0 amide bonds. The van der Waals surface area contributed by atoms with Gasteiger partial charge in [0.25, 0.3) is 0 Å². The summed E-state index contributed by atoms with van der Waals surface area (Å²) in [7, 11) is 3.59. The van der Waals surface area contributed by atoms with Crippen molar-refractivity contribution in [3.05, 3.63) is 88.4 Å². The van der Waals surface area contributed by atoms with Crippen molar-refractivity contribution in [3.63, 3.8) is 0 Å². The number of rotatable bonds is 5. The Morgan fingerprint density at radius 3 is 2.77 bits per heavy atom. The molecule has 9 heteroatoms. The van der Waals surface area contributed by atoms with Crippen LogP contribution in [0.15, 0.2) is 82.5 Å². The summed E-state index contributed by atoms with van der Waals surface area (Å²) in [6, 6.07) is 18.6. The van der Waals surface area contributed by atoms with E-state index in [4.69, 9.17) is 20.6 Å². The molecule has 0 bridgehead atoms. The predicted octanol–water partition coefficient (Wildman–Crippen LogP) is 4.53. The number of hydrogen-bond acceptors (Lipinski definition) is 8. The van der Waals surface area contributed by atoms with Gasteiger partial charge in [-0.2, -0.15) is 10.2 Å². The molecular weight excluding hydrogens is 458 g/mol. The van der Waals surface area contributed by atoms with E-state index >= 15 is 0 Å². The fourth-order valence-electron chi connectivity index (χ4n) is 4.94. The first-order valence-electron chi connectivity index (χ1n) is 11.3. The molecule has 2 aromatic heterocycles. The second-order valence-corrected chi connectivity index (χ2v) is 9.50. The Morgan fingerprint density at radius 2 is 2.00 bits per heavy atom. The monoisotopic (exact) mass is 483 g/mol. The molecule has 0 saturated heterocycles. The maximum absolute atomic E-state index is 6.40. The molecule has 4 heterocycles. The molecular formula is C26H25N7OS. The van der Waals surface area contributed by atoms with Crippen molar-refractivity contribution >= 4 is 29.2 Å². The first-order valence-corrected chi connectivity index (χ1v) is 12.2. The molecule has 2 aliphatic heterocycles. The van der Waals surface area contributed by atoms with Crippen molar-refractivity contribution in [2.24, 2.45) is 22.9 Å². The standard InChI is InChI=1S/C26H25N7OS/c1-32-16-19(15-29-32)18-8-9-20(23(14-18)34-2)26(24-21(11-13-35-24)30-25(27)31-26)33-22(10-12-28-33)17-6-4-3-5-7-17/h3-9,11-16,22H,10H2,1-2H3,(H3,27,30,31). The van der Waals surface area contributed by atoms with Crippen LogP contribution in [0.2, 0.25) is 0 Å². The van der Waals surface area contributed by atoms with Crippen LogP contribution in [0.1, 0.15) is 28.5 Å². The molecule has 0 saturated carbocycles. The van der Waals surface area contributed by atoms with Crippen molar-refractivity contribution < 1.29 is 4.74 Å². The number of benzene rings is 2. The van der Waals surface area contributed by atoms with Crippen LogP contribution in [0, 0.1) is 0 Å². The Balaban J connectivity index is 1.59. The fourth-order valence-corrected chi connectivity index (χ4v) is 5.94. The number of aliphatic imine (C=N–C) groups is 1. The summed E-state index contributed by atoms with van der Waals surface area (Å²) in [5.41, 5.74) is 10.4. The van der Waals surface area contributed by atoms with Gasteiger partial charge in [-0.1, -0.05) is 36.4 Å². The average molecular weight is 484 g/mol. The normalized spacial score (nSPS) is 20.9. The Labute approximate surface area is 207 Å². The molecule has 8 nitrogen and oxygen atoms in total. The van der Waals surface area contributed by atoms with E-state index in [1.54, 1.807) is 23.1 Å². The van der Waals surface area contributed by atoms with E-state index in [1.165, 1.54) is 5.56 Å². The zero-order valence-electron chi connectivity index (χ0n) is 19.4. The number of nitrogens with one attached hydrogen (secondary N) is 1. The van der Waals surface area contributed by atoms with E-state index in [0.717, 1.165) is 33.7 Å². The Morgan fingerprint density at radius 1 is 1.14 bits per heavy atom. The highest BCUT2D eigenvalue weighted by Gasteiger charge is 2.51. The second-order valence-electron chi connectivity index (χ2n) is 8.58. The van der Waals surface area contributed by atoms with E-state index in [-0.39, 0.29) is 6.04 Å². The first kappa shape index (κ1) is 21.4. The smallest absolute Gasteiger partial charge is 0.217 e. The zero-order valence-corrected chi connectivity index (χ0v) is 20.2. The van der Waals surface area contributed by atoms with Crippen LogP contribution < -0.4 is 15.8 Å². The fraction of sp³-hybridized carbons (Fsp3) is 0.192. The summed E-state index contributed by atoms with van der Waals surface area (Å²) in [6.07, 6.45) is 6.55. The SMILES string of the molecule is COc1cc(-c2cnn(C)c2)ccc1C1(N2N=CCC2c2ccccc2)N=C(N)Nc2ccsc21.